The lowest BCUT2D eigenvalue weighted by molar-refractivity contribution is 0.0652. The van der Waals surface area contributed by atoms with Crippen LogP contribution in [0.1, 0.15) is 33.6 Å². The van der Waals surface area contributed by atoms with Gasteiger partial charge in [0.25, 0.3) is 22.9 Å². The molecule has 0 unspecified atom stereocenters. The summed E-state index contributed by atoms with van der Waals surface area (Å²) in [4.78, 5) is 29.3. The van der Waals surface area contributed by atoms with Crippen LogP contribution in [0.3, 0.4) is 0 Å². The number of rotatable bonds is 7. The number of carbonyl (C=O) groups is 2. The van der Waals surface area contributed by atoms with Gasteiger partial charge in [-0.05, 0) is 31.0 Å². The standard InChI is InChI=1S/C22H18N4O3S/c27-20-15-8-1-2-9-16(15)21(28)26(20)11-5-6-12-30-22-25-24-19(29-22)17-13-23-18-10-4-3-7-14(17)18/h1-4,7-10,13,23H,5-6,11-12H2. The molecule has 2 amide bonds. The molecule has 0 atom stereocenters. The fourth-order valence-electron chi connectivity index (χ4n) is 3.60. The average molecular weight is 418 g/mol. The van der Waals surface area contributed by atoms with E-state index in [4.69, 9.17) is 4.42 Å². The van der Waals surface area contributed by atoms with Crippen LogP contribution in [-0.2, 0) is 0 Å². The SMILES string of the molecule is O=C1c2ccccc2C(=O)N1CCCCSc1nnc(-c2c[nH]c3ccccc23)o1. The monoisotopic (exact) mass is 418 g/mol. The van der Waals surface area contributed by atoms with E-state index in [2.05, 4.69) is 15.2 Å². The maximum absolute atomic E-state index is 12.4. The fourth-order valence-corrected chi connectivity index (χ4v) is 4.36. The van der Waals surface area contributed by atoms with Gasteiger partial charge in [-0.25, -0.2) is 0 Å². The quantitative estimate of drug-likeness (QED) is 0.272. The van der Waals surface area contributed by atoms with Crippen LogP contribution >= 0.6 is 11.8 Å². The molecule has 2 aromatic carbocycles. The molecule has 4 aromatic rings. The van der Waals surface area contributed by atoms with Crippen LogP contribution in [0.15, 0.2) is 64.4 Å². The van der Waals surface area contributed by atoms with E-state index in [1.165, 1.54) is 16.7 Å². The van der Waals surface area contributed by atoms with E-state index >= 15 is 0 Å². The molecule has 8 heteroatoms. The summed E-state index contributed by atoms with van der Waals surface area (Å²) in [6, 6.07) is 14.9. The minimum atomic E-state index is -0.205. The third kappa shape index (κ3) is 3.29. The van der Waals surface area contributed by atoms with Crippen LogP contribution in [0.2, 0.25) is 0 Å². The number of carbonyl (C=O) groups excluding carboxylic acids is 2. The zero-order chi connectivity index (χ0) is 20.5. The lowest BCUT2D eigenvalue weighted by atomic mass is 10.1. The topological polar surface area (TPSA) is 92.1 Å². The predicted octanol–water partition coefficient (Wildman–Crippen LogP) is 4.39. The van der Waals surface area contributed by atoms with Crippen LogP contribution < -0.4 is 0 Å². The lowest BCUT2D eigenvalue weighted by Crippen LogP contribution is -2.30. The summed E-state index contributed by atoms with van der Waals surface area (Å²) in [5, 5.41) is 9.83. The molecule has 0 saturated heterocycles. The Labute approximate surface area is 176 Å². The highest BCUT2D eigenvalue weighted by atomic mass is 32.2. The lowest BCUT2D eigenvalue weighted by Gasteiger charge is -2.13. The number of H-pyrrole nitrogens is 1. The summed E-state index contributed by atoms with van der Waals surface area (Å²) in [7, 11) is 0. The number of aromatic amines is 1. The maximum Gasteiger partial charge on any atom is 0.276 e. The molecule has 5 rings (SSSR count). The van der Waals surface area contributed by atoms with Crippen LogP contribution in [0.25, 0.3) is 22.4 Å². The number of unbranched alkanes of at least 4 members (excludes halogenated alkanes) is 1. The van der Waals surface area contributed by atoms with E-state index in [-0.39, 0.29) is 11.8 Å². The van der Waals surface area contributed by atoms with Gasteiger partial charge in [-0.15, -0.1) is 10.2 Å². The minimum absolute atomic E-state index is 0.205. The molecule has 0 aliphatic carbocycles. The predicted molar refractivity (Wildman–Crippen MR) is 113 cm³/mol. The van der Waals surface area contributed by atoms with Gasteiger partial charge in [0, 0.05) is 29.4 Å². The third-order valence-electron chi connectivity index (χ3n) is 5.11. The van der Waals surface area contributed by atoms with E-state index in [9.17, 15) is 9.59 Å². The van der Waals surface area contributed by atoms with E-state index in [1.54, 1.807) is 24.3 Å². The van der Waals surface area contributed by atoms with Crippen molar-refractivity contribution in [3.63, 3.8) is 0 Å². The number of nitrogens with zero attached hydrogens (tertiary/aromatic N) is 3. The van der Waals surface area contributed by atoms with Gasteiger partial charge in [0.05, 0.1) is 16.7 Å². The Kier molecular flexibility index (Phi) is 4.84. The van der Waals surface area contributed by atoms with Crippen LogP contribution in [0, 0.1) is 0 Å². The van der Waals surface area contributed by atoms with Crippen molar-refractivity contribution in [3.05, 3.63) is 65.9 Å². The molecule has 2 aromatic heterocycles. The summed E-state index contributed by atoms with van der Waals surface area (Å²) in [6.45, 7) is 0.414. The first-order chi connectivity index (χ1) is 14.7. The first kappa shape index (κ1) is 18.6. The van der Waals surface area contributed by atoms with E-state index < -0.39 is 0 Å². The highest BCUT2D eigenvalue weighted by Crippen LogP contribution is 2.30. The van der Waals surface area contributed by atoms with Crippen molar-refractivity contribution in [1.82, 2.24) is 20.1 Å². The molecule has 1 N–H and O–H groups in total. The molecule has 30 heavy (non-hydrogen) atoms. The first-order valence-electron chi connectivity index (χ1n) is 9.70. The van der Waals surface area contributed by atoms with E-state index in [1.807, 2.05) is 30.5 Å². The molecular weight excluding hydrogens is 400 g/mol. The van der Waals surface area contributed by atoms with Gasteiger partial charge in [0.2, 0.25) is 0 Å². The summed E-state index contributed by atoms with van der Waals surface area (Å²) >= 11 is 1.48. The normalized spacial score (nSPS) is 13.4. The number of thioether (sulfide) groups is 1. The highest BCUT2D eigenvalue weighted by molar-refractivity contribution is 7.99. The summed E-state index contributed by atoms with van der Waals surface area (Å²) < 4.78 is 5.79. The Morgan fingerprint density at radius 2 is 1.63 bits per heavy atom. The average Bonchev–Trinajstić information content (AvgIpc) is 3.47. The van der Waals surface area contributed by atoms with Crippen molar-refractivity contribution >= 4 is 34.5 Å². The van der Waals surface area contributed by atoms with Crippen LogP contribution in [0.4, 0.5) is 0 Å². The third-order valence-corrected chi connectivity index (χ3v) is 6.01. The zero-order valence-electron chi connectivity index (χ0n) is 16.0. The van der Waals surface area contributed by atoms with E-state index in [0.717, 1.165) is 35.1 Å². The number of aromatic nitrogens is 3. The van der Waals surface area contributed by atoms with Gasteiger partial charge in [0.15, 0.2) is 0 Å². The molecule has 0 bridgehead atoms. The Morgan fingerprint density at radius 3 is 2.43 bits per heavy atom. The van der Waals surface area contributed by atoms with Crippen molar-refractivity contribution in [1.29, 1.82) is 0 Å². The Bertz CT molecular complexity index is 1210. The molecule has 0 fully saturated rings. The Balaban J connectivity index is 1.14. The number of nitrogens with one attached hydrogen (secondary N) is 1. The Morgan fingerprint density at radius 1 is 0.900 bits per heavy atom. The summed E-state index contributed by atoms with van der Waals surface area (Å²) in [5.74, 6) is 0.839. The minimum Gasteiger partial charge on any atom is -0.411 e. The van der Waals surface area contributed by atoms with Gasteiger partial charge >= 0.3 is 0 Å². The Hall–Kier alpha value is -3.39. The second-order valence-electron chi connectivity index (χ2n) is 6.98. The number of benzene rings is 2. The van der Waals surface area contributed by atoms with Gasteiger partial charge in [0.1, 0.15) is 0 Å². The number of hydrogen-bond acceptors (Lipinski definition) is 6. The number of hydrogen-bond donors (Lipinski definition) is 1. The molecule has 1 aliphatic rings. The molecule has 0 saturated carbocycles. The van der Waals surface area contributed by atoms with Crippen molar-refractivity contribution in [2.45, 2.75) is 18.1 Å². The molecule has 1 aliphatic heterocycles. The number of imide groups is 1. The van der Waals surface area contributed by atoms with Crippen LogP contribution in [-0.4, -0.2) is 44.2 Å². The van der Waals surface area contributed by atoms with Crippen molar-refractivity contribution < 1.29 is 14.0 Å². The zero-order valence-corrected chi connectivity index (χ0v) is 16.8. The maximum atomic E-state index is 12.4. The van der Waals surface area contributed by atoms with Crippen molar-refractivity contribution in [2.24, 2.45) is 0 Å². The van der Waals surface area contributed by atoms with Gasteiger partial charge in [-0.1, -0.05) is 42.1 Å². The molecule has 3 heterocycles. The molecule has 7 nitrogen and oxygen atoms in total. The highest BCUT2D eigenvalue weighted by Gasteiger charge is 2.34. The first-order valence-corrected chi connectivity index (χ1v) is 10.7. The number of amides is 2. The van der Waals surface area contributed by atoms with E-state index in [0.29, 0.717) is 28.8 Å². The largest absolute Gasteiger partial charge is 0.411 e. The van der Waals surface area contributed by atoms with Gasteiger partial charge in [-0.2, -0.15) is 0 Å². The molecule has 0 spiro atoms. The molecule has 150 valence electrons. The second kappa shape index (κ2) is 7.79. The molecule has 0 radical (unpaired) electrons. The number of fused-ring (bicyclic) bond motifs is 2. The van der Waals surface area contributed by atoms with Gasteiger partial charge < -0.3 is 9.40 Å². The van der Waals surface area contributed by atoms with Crippen molar-refractivity contribution in [2.75, 3.05) is 12.3 Å². The van der Waals surface area contributed by atoms with Crippen LogP contribution in [0.5, 0.6) is 0 Å². The smallest absolute Gasteiger partial charge is 0.276 e. The second-order valence-corrected chi connectivity index (χ2v) is 8.03. The van der Waals surface area contributed by atoms with Crippen molar-refractivity contribution in [3.8, 4) is 11.5 Å². The summed E-state index contributed by atoms with van der Waals surface area (Å²) in [5.41, 5.74) is 2.89. The van der Waals surface area contributed by atoms with Gasteiger partial charge in [-0.3, -0.25) is 14.5 Å². The fraction of sp³-hybridized carbons (Fsp3) is 0.182. The number of para-hydroxylation sites is 1. The molecular formula is C22H18N4O3S. The summed E-state index contributed by atoms with van der Waals surface area (Å²) in [6.07, 6.45) is 3.42.